The van der Waals surface area contributed by atoms with Crippen LogP contribution in [0.2, 0.25) is 0 Å². The summed E-state index contributed by atoms with van der Waals surface area (Å²) >= 11 is 1.37. The number of nitrogens with zero attached hydrogens (tertiary/aromatic N) is 4. The second kappa shape index (κ2) is 8.18. The molecule has 8 heteroatoms. The SMILES string of the molecule is CCOc1ccc(-c2nnc3ccc(S[C@H](CC)C(=O)OC)nn23)cc1. The first-order valence-corrected chi connectivity index (χ1v) is 9.24. The number of esters is 1. The molecule has 0 aliphatic carbocycles. The van der Waals surface area contributed by atoms with Gasteiger partial charge < -0.3 is 9.47 Å². The van der Waals surface area contributed by atoms with Gasteiger partial charge >= 0.3 is 5.97 Å². The van der Waals surface area contributed by atoms with Gasteiger partial charge in [0.2, 0.25) is 0 Å². The maximum atomic E-state index is 11.8. The molecule has 0 bridgehead atoms. The molecular weight excluding hydrogens is 352 g/mol. The number of rotatable bonds is 7. The van der Waals surface area contributed by atoms with Gasteiger partial charge in [-0.15, -0.1) is 10.2 Å². The molecule has 3 rings (SSSR count). The van der Waals surface area contributed by atoms with Crippen LogP contribution in [-0.2, 0) is 9.53 Å². The van der Waals surface area contributed by atoms with Crippen molar-refractivity contribution in [1.29, 1.82) is 0 Å². The lowest BCUT2D eigenvalue weighted by Gasteiger charge is -2.11. The molecule has 26 heavy (non-hydrogen) atoms. The van der Waals surface area contributed by atoms with E-state index in [2.05, 4.69) is 15.3 Å². The van der Waals surface area contributed by atoms with Crippen LogP contribution in [-0.4, -0.2) is 44.7 Å². The minimum atomic E-state index is -0.296. The van der Waals surface area contributed by atoms with Crippen molar-refractivity contribution in [3.05, 3.63) is 36.4 Å². The number of carbonyl (C=O) groups is 1. The van der Waals surface area contributed by atoms with Gasteiger partial charge in [-0.05, 0) is 49.7 Å². The van der Waals surface area contributed by atoms with Gasteiger partial charge in [0.05, 0.1) is 13.7 Å². The summed E-state index contributed by atoms with van der Waals surface area (Å²) in [5.41, 5.74) is 1.53. The Morgan fingerprint density at radius 3 is 2.58 bits per heavy atom. The lowest BCUT2D eigenvalue weighted by atomic mass is 10.2. The third kappa shape index (κ3) is 3.80. The normalized spacial score (nSPS) is 12.1. The summed E-state index contributed by atoms with van der Waals surface area (Å²) in [6.45, 7) is 4.51. The third-order valence-corrected chi connectivity index (χ3v) is 5.03. The van der Waals surface area contributed by atoms with Crippen molar-refractivity contribution in [3.8, 4) is 17.1 Å². The zero-order valence-corrected chi connectivity index (χ0v) is 15.7. The molecule has 0 fully saturated rings. The molecule has 7 nitrogen and oxygen atoms in total. The number of thioether (sulfide) groups is 1. The Bertz CT molecular complexity index is 895. The number of aromatic nitrogens is 4. The van der Waals surface area contributed by atoms with Crippen molar-refractivity contribution in [3.63, 3.8) is 0 Å². The van der Waals surface area contributed by atoms with E-state index in [4.69, 9.17) is 9.47 Å². The minimum Gasteiger partial charge on any atom is -0.494 e. The zero-order valence-electron chi connectivity index (χ0n) is 14.9. The molecule has 2 aromatic heterocycles. The fourth-order valence-electron chi connectivity index (χ4n) is 2.46. The van der Waals surface area contributed by atoms with E-state index in [1.54, 1.807) is 4.52 Å². The van der Waals surface area contributed by atoms with Gasteiger partial charge in [0.15, 0.2) is 11.5 Å². The number of fused-ring (bicyclic) bond motifs is 1. The maximum absolute atomic E-state index is 11.8. The van der Waals surface area contributed by atoms with Crippen LogP contribution in [0.4, 0.5) is 0 Å². The first kappa shape index (κ1) is 18.2. The Labute approximate surface area is 155 Å². The fraction of sp³-hybridized carbons (Fsp3) is 0.333. The average molecular weight is 372 g/mol. The molecule has 0 saturated heterocycles. The quantitative estimate of drug-likeness (QED) is 0.465. The van der Waals surface area contributed by atoms with Crippen LogP contribution < -0.4 is 4.74 Å². The highest BCUT2D eigenvalue weighted by Gasteiger charge is 2.20. The van der Waals surface area contributed by atoms with Crippen molar-refractivity contribution < 1.29 is 14.3 Å². The summed E-state index contributed by atoms with van der Waals surface area (Å²) in [6.07, 6.45) is 0.658. The lowest BCUT2D eigenvalue weighted by Crippen LogP contribution is -2.18. The summed E-state index contributed by atoms with van der Waals surface area (Å²) in [6, 6.07) is 11.3. The van der Waals surface area contributed by atoms with E-state index in [-0.39, 0.29) is 11.2 Å². The molecule has 0 aliphatic heterocycles. The summed E-state index contributed by atoms with van der Waals surface area (Å²) in [7, 11) is 1.39. The van der Waals surface area contributed by atoms with E-state index < -0.39 is 0 Å². The smallest absolute Gasteiger partial charge is 0.319 e. The van der Waals surface area contributed by atoms with E-state index >= 15 is 0 Å². The van der Waals surface area contributed by atoms with Crippen molar-refractivity contribution in [2.24, 2.45) is 0 Å². The Morgan fingerprint density at radius 2 is 1.92 bits per heavy atom. The van der Waals surface area contributed by atoms with Crippen LogP contribution >= 0.6 is 11.8 Å². The summed E-state index contributed by atoms with van der Waals surface area (Å²) < 4.78 is 12.0. The van der Waals surface area contributed by atoms with Gasteiger partial charge in [-0.2, -0.15) is 9.61 Å². The van der Waals surface area contributed by atoms with Gasteiger partial charge in [0, 0.05) is 5.56 Å². The number of methoxy groups -OCH3 is 1. The number of benzene rings is 1. The van der Waals surface area contributed by atoms with Crippen molar-refractivity contribution in [2.75, 3.05) is 13.7 Å². The van der Waals surface area contributed by atoms with E-state index in [9.17, 15) is 4.79 Å². The van der Waals surface area contributed by atoms with E-state index in [0.717, 1.165) is 11.3 Å². The largest absolute Gasteiger partial charge is 0.494 e. The first-order valence-electron chi connectivity index (χ1n) is 8.36. The molecule has 0 aliphatic rings. The highest BCUT2D eigenvalue weighted by molar-refractivity contribution is 8.00. The fourth-order valence-corrected chi connectivity index (χ4v) is 3.38. The molecule has 0 radical (unpaired) electrons. The standard InChI is InChI=1S/C18H20N4O3S/c1-4-14(18(23)24-3)26-16-11-10-15-19-20-17(22(15)21-16)12-6-8-13(9-7-12)25-5-2/h6-11,14H,4-5H2,1-3H3/t14-/m1/s1. The minimum absolute atomic E-state index is 0.255. The van der Waals surface area contributed by atoms with Crippen molar-refractivity contribution in [2.45, 2.75) is 30.5 Å². The highest BCUT2D eigenvalue weighted by atomic mass is 32.2. The Morgan fingerprint density at radius 1 is 1.15 bits per heavy atom. The number of ether oxygens (including phenoxy) is 2. The van der Waals surface area contributed by atoms with Crippen LogP contribution in [0.1, 0.15) is 20.3 Å². The van der Waals surface area contributed by atoms with Gasteiger partial charge in [-0.3, -0.25) is 4.79 Å². The summed E-state index contributed by atoms with van der Waals surface area (Å²) in [4.78, 5) is 11.8. The summed E-state index contributed by atoms with van der Waals surface area (Å²) in [5.74, 6) is 1.18. The molecular formula is C18H20N4O3S. The lowest BCUT2D eigenvalue weighted by molar-refractivity contribution is -0.140. The van der Waals surface area contributed by atoms with Gasteiger partial charge in [0.25, 0.3) is 0 Å². The van der Waals surface area contributed by atoms with Crippen molar-refractivity contribution in [1.82, 2.24) is 19.8 Å². The van der Waals surface area contributed by atoms with Crippen LogP contribution in [0.3, 0.4) is 0 Å². The van der Waals surface area contributed by atoms with E-state index in [1.807, 2.05) is 50.2 Å². The zero-order chi connectivity index (χ0) is 18.5. The predicted molar refractivity (Wildman–Crippen MR) is 99.3 cm³/mol. The predicted octanol–water partition coefficient (Wildman–Crippen LogP) is 3.23. The maximum Gasteiger partial charge on any atom is 0.319 e. The average Bonchev–Trinajstić information content (AvgIpc) is 3.09. The first-order chi connectivity index (χ1) is 12.7. The second-order valence-corrected chi connectivity index (χ2v) is 6.68. The number of carbonyl (C=O) groups excluding carboxylic acids is 1. The van der Waals surface area contributed by atoms with E-state index in [0.29, 0.717) is 29.5 Å². The van der Waals surface area contributed by atoms with E-state index in [1.165, 1.54) is 18.9 Å². The molecule has 0 amide bonds. The molecule has 2 heterocycles. The third-order valence-electron chi connectivity index (χ3n) is 3.76. The molecule has 0 spiro atoms. The number of hydrogen-bond acceptors (Lipinski definition) is 7. The molecule has 0 N–H and O–H groups in total. The van der Waals surface area contributed by atoms with Crippen LogP contribution in [0.25, 0.3) is 17.0 Å². The van der Waals surface area contributed by atoms with Crippen LogP contribution in [0.15, 0.2) is 41.4 Å². The summed E-state index contributed by atoms with van der Waals surface area (Å²) in [5, 5.41) is 13.4. The van der Waals surface area contributed by atoms with Crippen molar-refractivity contribution >= 4 is 23.4 Å². The molecule has 1 atom stereocenters. The molecule has 3 aromatic rings. The monoisotopic (exact) mass is 372 g/mol. The number of hydrogen-bond donors (Lipinski definition) is 0. The Hall–Kier alpha value is -2.61. The molecule has 1 aromatic carbocycles. The molecule has 0 unspecified atom stereocenters. The topological polar surface area (TPSA) is 78.6 Å². The van der Waals surface area contributed by atoms with Gasteiger partial charge in [-0.25, -0.2) is 0 Å². The molecule has 0 saturated carbocycles. The Kier molecular flexibility index (Phi) is 5.72. The van der Waals surface area contributed by atoms with Crippen LogP contribution in [0.5, 0.6) is 5.75 Å². The second-order valence-electron chi connectivity index (χ2n) is 5.46. The van der Waals surface area contributed by atoms with Gasteiger partial charge in [0.1, 0.15) is 16.0 Å². The van der Waals surface area contributed by atoms with Gasteiger partial charge in [-0.1, -0.05) is 18.7 Å². The van der Waals surface area contributed by atoms with Crippen LogP contribution in [0, 0.1) is 0 Å². The highest BCUT2D eigenvalue weighted by Crippen LogP contribution is 2.26. The Balaban J connectivity index is 1.91. The molecule has 136 valence electrons.